The van der Waals surface area contributed by atoms with Gasteiger partial charge in [-0.05, 0) is 31.2 Å². The van der Waals surface area contributed by atoms with Crippen LogP contribution in [0.3, 0.4) is 0 Å². The van der Waals surface area contributed by atoms with Gasteiger partial charge in [-0.1, -0.05) is 54.2 Å². The maximum atomic E-state index is 12.0. The van der Waals surface area contributed by atoms with Crippen molar-refractivity contribution in [2.75, 3.05) is 7.11 Å². The predicted molar refractivity (Wildman–Crippen MR) is 108 cm³/mol. The van der Waals surface area contributed by atoms with Crippen LogP contribution in [-0.4, -0.2) is 19.2 Å². The van der Waals surface area contributed by atoms with E-state index in [1.54, 1.807) is 6.07 Å². The first-order valence-corrected chi connectivity index (χ1v) is 9.23. The Morgan fingerprint density at radius 2 is 1.75 bits per heavy atom. The highest BCUT2D eigenvalue weighted by atomic mass is 32.2. The van der Waals surface area contributed by atoms with Crippen LogP contribution in [0, 0.1) is 6.92 Å². The summed E-state index contributed by atoms with van der Waals surface area (Å²) in [5.74, 6) is 0.131. The average molecular weight is 394 g/mol. The molecule has 28 heavy (non-hydrogen) atoms. The number of aryl methyl sites for hydroxylation is 1. The fourth-order valence-electron chi connectivity index (χ4n) is 2.61. The van der Waals surface area contributed by atoms with Gasteiger partial charge in [0, 0.05) is 21.7 Å². The number of fused-ring (bicyclic) bond motifs is 1. The molecule has 0 aliphatic carbocycles. The first-order valence-electron chi connectivity index (χ1n) is 8.42. The molecule has 0 radical (unpaired) electrons. The number of rotatable bonds is 5. The average Bonchev–Trinajstić information content (AvgIpc) is 2.71. The summed E-state index contributed by atoms with van der Waals surface area (Å²) in [7, 11) is 1.25. The second-order valence-electron chi connectivity index (χ2n) is 5.85. The highest BCUT2D eigenvalue weighted by Gasteiger charge is 2.19. The number of hydrogen-bond donors (Lipinski definition) is 0. The van der Waals surface area contributed by atoms with Gasteiger partial charge in [-0.3, -0.25) is 0 Å². The van der Waals surface area contributed by atoms with Gasteiger partial charge in [0.1, 0.15) is 5.75 Å². The molecule has 0 aliphatic rings. The van der Waals surface area contributed by atoms with Crippen molar-refractivity contribution in [3.05, 3.63) is 72.8 Å². The van der Waals surface area contributed by atoms with Crippen molar-refractivity contribution in [2.45, 2.75) is 16.7 Å². The van der Waals surface area contributed by atoms with E-state index in [4.69, 9.17) is 9.47 Å². The van der Waals surface area contributed by atoms with Gasteiger partial charge in [0.15, 0.2) is 5.75 Å². The van der Waals surface area contributed by atoms with Gasteiger partial charge in [-0.25, -0.2) is 9.59 Å². The molecule has 142 valence electrons. The van der Waals surface area contributed by atoms with E-state index in [2.05, 4.69) is 11.3 Å². The van der Waals surface area contributed by atoms with Crippen molar-refractivity contribution < 1.29 is 23.8 Å². The molecule has 0 amide bonds. The van der Waals surface area contributed by atoms with Gasteiger partial charge in [0.25, 0.3) is 0 Å². The zero-order valence-corrected chi connectivity index (χ0v) is 16.2. The van der Waals surface area contributed by atoms with Crippen LogP contribution >= 0.6 is 11.8 Å². The van der Waals surface area contributed by atoms with Gasteiger partial charge >= 0.3 is 12.1 Å². The number of carbonyl (C=O) groups excluding carboxylic acids is 2. The van der Waals surface area contributed by atoms with Crippen LogP contribution in [0.25, 0.3) is 10.8 Å². The third kappa shape index (κ3) is 4.35. The summed E-state index contributed by atoms with van der Waals surface area (Å²) in [6, 6.07) is 16.9. The number of carbonyl (C=O) groups is 2. The van der Waals surface area contributed by atoms with Gasteiger partial charge in [0.05, 0.1) is 12.0 Å². The summed E-state index contributed by atoms with van der Waals surface area (Å²) in [4.78, 5) is 25.2. The van der Waals surface area contributed by atoms with Crippen molar-refractivity contribution in [1.82, 2.24) is 0 Å². The van der Waals surface area contributed by atoms with Crippen LogP contribution in [0.5, 0.6) is 11.5 Å². The SMILES string of the molecule is C=CC(=O)Oc1c(Sc2ccccc2)cc(OC(=O)OC)c2cc(C)ccc12. The predicted octanol–water partition coefficient (Wildman–Crippen LogP) is 5.54. The van der Waals surface area contributed by atoms with Crippen LogP contribution in [-0.2, 0) is 9.53 Å². The summed E-state index contributed by atoms with van der Waals surface area (Å²) < 4.78 is 15.6. The molecule has 0 saturated carbocycles. The van der Waals surface area contributed by atoms with Crippen LogP contribution < -0.4 is 9.47 Å². The molecule has 0 aliphatic heterocycles. The van der Waals surface area contributed by atoms with Gasteiger partial charge in [-0.2, -0.15) is 0 Å². The highest BCUT2D eigenvalue weighted by molar-refractivity contribution is 7.99. The number of hydrogen-bond acceptors (Lipinski definition) is 6. The molecule has 0 unspecified atom stereocenters. The van der Waals surface area contributed by atoms with Crippen molar-refractivity contribution in [3.8, 4) is 11.5 Å². The lowest BCUT2D eigenvalue weighted by molar-refractivity contribution is -0.129. The third-order valence-electron chi connectivity index (χ3n) is 3.87. The molecule has 0 spiro atoms. The van der Waals surface area contributed by atoms with E-state index in [9.17, 15) is 9.59 Å². The molecule has 5 nitrogen and oxygen atoms in total. The zero-order chi connectivity index (χ0) is 20.1. The maximum Gasteiger partial charge on any atom is 0.513 e. The van der Waals surface area contributed by atoms with Crippen molar-refractivity contribution in [1.29, 1.82) is 0 Å². The van der Waals surface area contributed by atoms with Gasteiger partial charge < -0.3 is 14.2 Å². The number of benzene rings is 3. The van der Waals surface area contributed by atoms with Crippen LogP contribution in [0.1, 0.15) is 5.56 Å². The van der Waals surface area contributed by atoms with E-state index in [1.165, 1.54) is 18.9 Å². The summed E-state index contributed by atoms with van der Waals surface area (Å²) in [6.07, 6.45) is 0.282. The summed E-state index contributed by atoms with van der Waals surface area (Å²) in [6.45, 7) is 5.39. The minimum atomic E-state index is -0.825. The smallest absolute Gasteiger partial charge is 0.437 e. The summed E-state index contributed by atoms with van der Waals surface area (Å²) in [5.41, 5.74) is 0.965. The molecule has 0 bridgehead atoms. The maximum absolute atomic E-state index is 12.0. The van der Waals surface area contributed by atoms with E-state index in [1.807, 2.05) is 55.5 Å². The van der Waals surface area contributed by atoms with E-state index in [0.29, 0.717) is 27.2 Å². The lowest BCUT2D eigenvalue weighted by Gasteiger charge is -2.16. The van der Waals surface area contributed by atoms with Crippen LogP contribution in [0.4, 0.5) is 4.79 Å². The van der Waals surface area contributed by atoms with Gasteiger partial charge in [0.2, 0.25) is 0 Å². The summed E-state index contributed by atoms with van der Waals surface area (Å²) in [5, 5.41) is 1.27. The standard InChI is InChI=1S/C22H18O5S/c1-4-20(23)27-21-16-11-10-14(2)12-17(16)18(26-22(24)25-3)13-19(21)28-15-8-6-5-7-9-15/h4-13H,1H2,2-3H3. The van der Waals surface area contributed by atoms with Crippen molar-refractivity contribution in [2.24, 2.45) is 0 Å². The second kappa shape index (κ2) is 8.63. The topological polar surface area (TPSA) is 61.8 Å². The van der Waals surface area contributed by atoms with Crippen molar-refractivity contribution >= 4 is 34.7 Å². The Labute approximate surface area is 166 Å². The fraction of sp³-hybridized carbons (Fsp3) is 0.0909. The Bertz CT molecular complexity index is 1040. The molecule has 3 rings (SSSR count). The molecule has 0 atom stereocenters. The zero-order valence-electron chi connectivity index (χ0n) is 15.4. The number of methoxy groups -OCH3 is 1. The Kier molecular flexibility index (Phi) is 6.01. The highest BCUT2D eigenvalue weighted by Crippen LogP contribution is 2.44. The molecule has 0 fully saturated rings. The molecule has 0 aromatic heterocycles. The minimum Gasteiger partial charge on any atom is -0.437 e. The van der Waals surface area contributed by atoms with E-state index < -0.39 is 12.1 Å². The third-order valence-corrected chi connectivity index (χ3v) is 4.90. The first-order chi connectivity index (χ1) is 13.5. The Morgan fingerprint density at radius 3 is 2.43 bits per heavy atom. The largest absolute Gasteiger partial charge is 0.513 e. The van der Waals surface area contributed by atoms with E-state index in [0.717, 1.165) is 16.5 Å². The Balaban J connectivity index is 2.23. The monoisotopic (exact) mass is 394 g/mol. The molecule has 3 aromatic rings. The van der Waals surface area contributed by atoms with E-state index >= 15 is 0 Å². The molecule has 3 aromatic carbocycles. The quantitative estimate of drug-likeness (QED) is 0.245. The molecule has 0 saturated heterocycles. The molecule has 0 heterocycles. The lowest BCUT2D eigenvalue weighted by atomic mass is 10.1. The Morgan fingerprint density at radius 1 is 1.00 bits per heavy atom. The molecule has 6 heteroatoms. The molecular weight excluding hydrogens is 376 g/mol. The lowest BCUT2D eigenvalue weighted by Crippen LogP contribution is -2.09. The van der Waals surface area contributed by atoms with Gasteiger partial charge in [-0.15, -0.1) is 0 Å². The van der Waals surface area contributed by atoms with Crippen molar-refractivity contribution in [3.63, 3.8) is 0 Å². The fourth-order valence-corrected chi connectivity index (χ4v) is 3.57. The minimum absolute atomic E-state index is 0.322. The van der Waals surface area contributed by atoms with Crippen LogP contribution in [0.2, 0.25) is 0 Å². The Hall–Kier alpha value is -3.25. The summed E-state index contributed by atoms with van der Waals surface area (Å²) >= 11 is 1.39. The molecular formula is C22H18O5S. The second-order valence-corrected chi connectivity index (χ2v) is 6.96. The number of esters is 1. The van der Waals surface area contributed by atoms with Crippen LogP contribution in [0.15, 0.2) is 77.0 Å². The van der Waals surface area contributed by atoms with E-state index in [-0.39, 0.29) is 0 Å². The number of ether oxygens (including phenoxy) is 3. The molecule has 0 N–H and O–H groups in total. The first kappa shape index (κ1) is 19.5. The normalized spacial score (nSPS) is 10.4.